The van der Waals surface area contributed by atoms with Crippen LogP contribution in [0.25, 0.3) is 0 Å². The van der Waals surface area contributed by atoms with Gasteiger partial charge in [-0.1, -0.05) is 0 Å². The van der Waals surface area contributed by atoms with Gasteiger partial charge in [0.1, 0.15) is 0 Å². The van der Waals surface area contributed by atoms with Crippen LogP contribution >= 0.6 is 0 Å². The van der Waals surface area contributed by atoms with Crippen LogP contribution in [0, 0.1) is 0 Å². The smallest absolute Gasteiger partial charge is 0.231 e. The van der Waals surface area contributed by atoms with Gasteiger partial charge in [0.25, 0.3) is 0 Å². The van der Waals surface area contributed by atoms with Gasteiger partial charge in [-0.05, 0) is 0 Å². The van der Waals surface area contributed by atoms with E-state index in [9.17, 15) is 4.79 Å². The summed E-state index contributed by atoms with van der Waals surface area (Å²) in [6.45, 7) is 5.25. The van der Waals surface area contributed by atoms with Gasteiger partial charge in [-0.2, -0.15) is 0 Å². The van der Waals surface area contributed by atoms with E-state index in [1.807, 2.05) is 5.01 Å². The molecule has 0 radical (unpaired) electrons. The third-order valence-corrected chi connectivity index (χ3v) is 1.43. The molecule has 0 aromatic carbocycles. The van der Waals surface area contributed by atoms with Crippen molar-refractivity contribution in [2.75, 3.05) is 26.2 Å². The number of hydrogen-bond acceptors (Lipinski definition) is 3. The molecule has 4 nitrogen and oxygen atoms in total. The summed E-state index contributed by atoms with van der Waals surface area (Å²) in [4.78, 5) is 10.5. The summed E-state index contributed by atoms with van der Waals surface area (Å²) >= 11 is 0. The fourth-order valence-corrected chi connectivity index (χ4v) is 0.999. The molecule has 0 aliphatic carbocycles. The van der Waals surface area contributed by atoms with Crippen molar-refractivity contribution in [3.05, 3.63) is 0 Å². The summed E-state index contributed by atoms with van der Waals surface area (Å²) in [5.41, 5.74) is 2.74. The number of piperazine rings is 1. The number of amides is 1. The van der Waals surface area contributed by atoms with Gasteiger partial charge >= 0.3 is 0 Å². The zero-order valence-corrected chi connectivity index (χ0v) is 6.18. The molecule has 2 N–H and O–H groups in total. The highest BCUT2D eigenvalue weighted by atomic mass is 16.2. The lowest BCUT2D eigenvalue weighted by Gasteiger charge is -2.26. The van der Waals surface area contributed by atoms with Crippen molar-refractivity contribution in [2.45, 2.75) is 6.92 Å². The fourth-order valence-electron chi connectivity index (χ4n) is 0.999. The first-order valence-electron chi connectivity index (χ1n) is 3.52. The molecule has 1 amide bonds. The Morgan fingerprint density at radius 3 is 2.60 bits per heavy atom. The van der Waals surface area contributed by atoms with Crippen LogP contribution in [-0.2, 0) is 4.79 Å². The molecule has 0 aromatic rings. The van der Waals surface area contributed by atoms with Gasteiger partial charge in [-0.25, -0.2) is 5.01 Å². The van der Waals surface area contributed by atoms with Crippen molar-refractivity contribution in [3.63, 3.8) is 0 Å². The number of rotatable bonds is 1. The van der Waals surface area contributed by atoms with Crippen LogP contribution in [0.2, 0.25) is 0 Å². The largest absolute Gasteiger partial charge is 0.314 e. The Morgan fingerprint density at radius 1 is 1.50 bits per heavy atom. The molecule has 0 bridgehead atoms. The Labute approximate surface area is 60.5 Å². The third-order valence-electron chi connectivity index (χ3n) is 1.43. The number of hydrazine groups is 1. The summed E-state index contributed by atoms with van der Waals surface area (Å²) < 4.78 is 0. The Hall–Kier alpha value is -0.610. The first kappa shape index (κ1) is 7.50. The van der Waals surface area contributed by atoms with E-state index in [-0.39, 0.29) is 5.91 Å². The second kappa shape index (κ2) is 3.53. The fraction of sp³-hybridized carbons (Fsp3) is 0.833. The molecule has 1 aliphatic rings. The topological polar surface area (TPSA) is 44.4 Å². The summed E-state index contributed by atoms with van der Waals surface area (Å²) in [5.74, 6) is 0.0156. The summed E-state index contributed by atoms with van der Waals surface area (Å²) in [6, 6.07) is 0. The molecular formula is C6H13N3O. The second-order valence-corrected chi connectivity index (χ2v) is 2.41. The van der Waals surface area contributed by atoms with E-state index in [0.717, 1.165) is 26.2 Å². The van der Waals surface area contributed by atoms with Gasteiger partial charge in [-0.15, -0.1) is 0 Å². The highest BCUT2D eigenvalue weighted by Crippen LogP contribution is 1.85. The van der Waals surface area contributed by atoms with Crippen molar-refractivity contribution in [2.24, 2.45) is 0 Å². The predicted octanol–water partition coefficient (Wildman–Crippen LogP) is -1.06. The molecule has 0 atom stereocenters. The molecule has 1 rings (SSSR count). The van der Waals surface area contributed by atoms with Gasteiger partial charge in [-0.3, -0.25) is 10.2 Å². The Morgan fingerprint density at radius 2 is 2.10 bits per heavy atom. The molecule has 0 aromatic heterocycles. The minimum Gasteiger partial charge on any atom is -0.314 e. The Bertz CT molecular complexity index is 120. The van der Waals surface area contributed by atoms with E-state index in [1.54, 1.807) is 0 Å². The zero-order chi connectivity index (χ0) is 7.40. The van der Waals surface area contributed by atoms with E-state index >= 15 is 0 Å². The molecule has 4 heteroatoms. The van der Waals surface area contributed by atoms with Gasteiger partial charge in [0, 0.05) is 33.1 Å². The highest BCUT2D eigenvalue weighted by Gasteiger charge is 2.08. The normalized spacial score (nSPS) is 20.5. The van der Waals surface area contributed by atoms with Crippen LogP contribution in [0.4, 0.5) is 0 Å². The number of hydrogen-bond donors (Lipinski definition) is 2. The number of carbonyl (C=O) groups is 1. The number of nitrogens with one attached hydrogen (secondary N) is 2. The maximum atomic E-state index is 10.5. The zero-order valence-electron chi connectivity index (χ0n) is 6.18. The lowest BCUT2D eigenvalue weighted by atomic mass is 10.4. The van der Waals surface area contributed by atoms with Gasteiger partial charge in [0.05, 0.1) is 0 Å². The van der Waals surface area contributed by atoms with Gasteiger partial charge < -0.3 is 5.32 Å². The van der Waals surface area contributed by atoms with Crippen LogP contribution in [0.15, 0.2) is 0 Å². The van der Waals surface area contributed by atoms with Crippen molar-refractivity contribution in [3.8, 4) is 0 Å². The quantitative estimate of drug-likeness (QED) is 0.492. The highest BCUT2D eigenvalue weighted by molar-refractivity contribution is 5.72. The molecule has 1 aliphatic heterocycles. The van der Waals surface area contributed by atoms with Crippen molar-refractivity contribution >= 4 is 5.91 Å². The lowest BCUT2D eigenvalue weighted by Crippen LogP contribution is -2.51. The molecule has 0 spiro atoms. The summed E-state index contributed by atoms with van der Waals surface area (Å²) in [7, 11) is 0. The monoisotopic (exact) mass is 143 g/mol. The maximum Gasteiger partial charge on any atom is 0.231 e. The van der Waals surface area contributed by atoms with Crippen molar-refractivity contribution in [1.29, 1.82) is 0 Å². The molecule has 1 fully saturated rings. The maximum absolute atomic E-state index is 10.5. The van der Waals surface area contributed by atoms with Gasteiger partial charge in [0.2, 0.25) is 5.91 Å². The Kier molecular flexibility index (Phi) is 2.65. The van der Waals surface area contributed by atoms with E-state index < -0.39 is 0 Å². The SMILES string of the molecule is CC(=O)NN1CCNCC1. The van der Waals surface area contributed by atoms with Gasteiger partial charge in [0.15, 0.2) is 0 Å². The second-order valence-electron chi connectivity index (χ2n) is 2.41. The first-order chi connectivity index (χ1) is 4.79. The number of nitrogens with zero attached hydrogens (tertiary/aromatic N) is 1. The standard InChI is InChI=1S/C6H13N3O/c1-6(10)8-9-4-2-7-3-5-9/h7H,2-5H2,1H3,(H,8,10). The predicted molar refractivity (Wildman–Crippen MR) is 38.3 cm³/mol. The lowest BCUT2D eigenvalue weighted by molar-refractivity contribution is -0.123. The molecule has 58 valence electrons. The van der Waals surface area contributed by atoms with E-state index in [2.05, 4.69) is 10.7 Å². The van der Waals surface area contributed by atoms with Crippen LogP contribution in [0.1, 0.15) is 6.92 Å². The van der Waals surface area contributed by atoms with Crippen LogP contribution in [0.3, 0.4) is 0 Å². The summed E-state index contributed by atoms with van der Waals surface area (Å²) in [6.07, 6.45) is 0. The molecule has 0 unspecified atom stereocenters. The minimum atomic E-state index is 0.0156. The molecule has 1 saturated heterocycles. The van der Waals surface area contributed by atoms with Crippen molar-refractivity contribution in [1.82, 2.24) is 15.8 Å². The van der Waals surface area contributed by atoms with E-state index in [4.69, 9.17) is 0 Å². The van der Waals surface area contributed by atoms with Crippen LogP contribution in [0.5, 0.6) is 0 Å². The van der Waals surface area contributed by atoms with E-state index in [0.29, 0.717) is 0 Å². The summed E-state index contributed by atoms with van der Waals surface area (Å²) in [5, 5.41) is 5.12. The average Bonchev–Trinajstić information content (AvgIpc) is 1.88. The van der Waals surface area contributed by atoms with Crippen LogP contribution < -0.4 is 10.7 Å². The van der Waals surface area contributed by atoms with Crippen LogP contribution in [-0.4, -0.2) is 37.1 Å². The molecular weight excluding hydrogens is 130 g/mol. The molecule has 1 heterocycles. The first-order valence-corrected chi connectivity index (χ1v) is 3.52. The Balaban J connectivity index is 2.19. The third kappa shape index (κ3) is 2.33. The number of carbonyl (C=O) groups excluding carboxylic acids is 1. The molecule has 0 saturated carbocycles. The average molecular weight is 143 g/mol. The van der Waals surface area contributed by atoms with E-state index in [1.165, 1.54) is 6.92 Å². The minimum absolute atomic E-state index is 0.0156. The molecule has 10 heavy (non-hydrogen) atoms. The van der Waals surface area contributed by atoms with Crippen molar-refractivity contribution < 1.29 is 4.79 Å².